The molecule has 3 heterocycles. The van der Waals surface area contributed by atoms with Gasteiger partial charge in [0.2, 0.25) is 0 Å². The molecule has 0 unspecified atom stereocenters. The highest BCUT2D eigenvalue weighted by Gasteiger charge is 2.54. The van der Waals surface area contributed by atoms with Crippen molar-refractivity contribution >= 4 is 5.91 Å². The number of aromatic nitrogens is 1. The first-order chi connectivity index (χ1) is 9.55. The van der Waals surface area contributed by atoms with E-state index in [-0.39, 0.29) is 22.4 Å². The number of hydrogen-bond acceptors (Lipinski definition) is 2. The van der Waals surface area contributed by atoms with Crippen molar-refractivity contribution in [3.05, 3.63) is 23.5 Å². The molecule has 0 aromatic carbocycles. The fourth-order valence-electron chi connectivity index (χ4n) is 3.52. The van der Waals surface area contributed by atoms with E-state index in [1.54, 1.807) is 0 Å². The van der Waals surface area contributed by atoms with E-state index in [4.69, 9.17) is 4.74 Å². The quantitative estimate of drug-likeness (QED) is 0.736. The van der Waals surface area contributed by atoms with E-state index in [2.05, 4.69) is 58.4 Å². The zero-order chi connectivity index (χ0) is 15.6. The first-order valence-electron chi connectivity index (χ1n) is 7.68. The highest BCUT2D eigenvalue weighted by atomic mass is 16.5. The van der Waals surface area contributed by atoms with Crippen molar-refractivity contribution in [2.75, 3.05) is 13.2 Å². The number of rotatable bonds is 0. The van der Waals surface area contributed by atoms with Gasteiger partial charge in [-0.15, -0.1) is 0 Å². The lowest BCUT2D eigenvalue weighted by Crippen LogP contribution is -2.72. The summed E-state index contributed by atoms with van der Waals surface area (Å²) in [5.74, 6) is 0.132. The van der Waals surface area contributed by atoms with E-state index in [1.807, 2.05) is 4.90 Å². The molecule has 1 spiro atoms. The molecule has 2 aliphatic rings. The van der Waals surface area contributed by atoms with Gasteiger partial charge in [0.15, 0.2) is 0 Å². The normalized spacial score (nSPS) is 21.4. The Bertz CT molecular complexity index is 583. The molecule has 1 saturated heterocycles. The van der Waals surface area contributed by atoms with Crippen LogP contribution < -0.4 is 0 Å². The van der Waals surface area contributed by atoms with Crippen molar-refractivity contribution in [2.24, 2.45) is 0 Å². The van der Waals surface area contributed by atoms with E-state index in [9.17, 15) is 4.79 Å². The van der Waals surface area contributed by atoms with Crippen LogP contribution in [0.4, 0.5) is 0 Å². The predicted molar refractivity (Wildman–Crippen MR) is 82.6 cm³/mol. The van der Waals surface area contributed by atoms with Gasteiger partial charge in [-0.3, -0.25) is 4.79 Å². The second-order valence-corrected chi connectivity index (χ2v) is 8.52. The molecule has 1 aromatic heterocycles. The smallest absolute Gasteiger partial charge is 0.271 e. The van der Waals surface area contributed by atoms with E-state index in [1.165, 1.54) is 5.56 Å². The lowest BCUT2D eigenvalue weighted by molar-refractivity contribution is -0.160. The van der Waals surface area contributed by atoms with Gasteiger partial charge >= 0.3 is 0 Å². The third kappa shape index (κ3) is 2.11. The second kappa shape index (κ2) is 4.13. The van der Waals surface area contributed by atoms with Crippen LogP contribution in [-0.2, 0) is 16.7 Å². The SMILES string of the molecule is CC(C)(C)c1cc2n(c1)CC1(COC1)N(C(C)(C)C)C2=O. The van der Waals surface area contributed by atoms with Gasteiger partial charge < -0.3 is 14.2 Å². The zero-order valence-corrected chi connectivity index (χ0v) is 14.0. The first-order valence-corrected chi connectivity index (χ1v) is 7.68. The maximum absolute atomic E-state index is 13.1. The number of hydrogen-bond donors (Lipinski definition) is 0. The Kier molecular flexibility index (Phi) is 2.88. The Morgan fingerprint density at radius 3 is 2.19 bits per heavy atom. The minimum absolute atomic E-state index is 0.0560. The average molecular weight is 290 g/mol. The molecule has 4 heteroatoms. The van der Waals surface area contributed by atoms with E-state index < -0.39 is 0 Å². The molecule has 116 valence electrons. The maximum Gasteiger partial charge on any atom is 0.271 e. The molecule has 3 rings (SSSR count). The van der Waals surface area contributed by atoms with Crippen LogP contribution in [0.25, 0.3) is 0 Å². The van der Waals surface area contributed by atoms with Crippen molar-refractivity contribution in [3.63, 3.8) is 0 Å². The average Bonchev–Trinajstić information content (AvgIpc) is 2.68. The minimum Gasteiger partial charge on any atom is -0.376 e. The Balaban J connectivity index is 2.09. The van der Waals surface area contributed by atoms with Crippen LogP contribution >= 0.6 is 0 Å². The summed E-state index contributed by atoms with van der Waals surface area (Å²) in [6, 6.07) is 2.06. The molecule has 21 heavy (non-hydrogen) atoms. The number of amides is 1. The monoisotopic (exact) mass is 290 g/mol. The molecule has 2 aliphatic heterocycles. The lowest BCUT2D eigenvalue weighted by Gasteiger charge is -2.57. The van der Waals surface area contributed by atoms with Crippen molar-refractivity contribution in [1.82, 2.24) is 9.47 Å². The number of carbonyl (C=O) groups excluding carboxylic acids is 1. The van der Waals surface area contributed by atoms with Gasteiger partial charge in [-0.05, 0) is 37.8 Å². The lowest BCUT2D eigenvalue weighted by atomic mass is 9.86. The molecule has 0 bridgehead atoms. The molecule has 0 aliphatic carbocycles. The van der Waals surface area contributed by atoms with Crippen LogP contribution in [0.3, 0.4) is 0 Å². The van der Waals surface area contributed by atoms with Crippen LogP contribution in [0.2, 0.25) is 0 Å². The van der Waals surface area contributed by atoms with Crippen molar-refractivity contribution in [2.45, 2.75) is 64.6 Å². The Morgan fingerprint density at radius 1 is 1.14 bits per heavy atom. The van der Waals surface area contributed by atoms with Gasteiger partial charge in [0, 0.05) is 11.7 Å². The van der Waals surface area contributed by atoms with Gasteiger partial charge in [-0.25, -0.2) is 0 Å². The van der Waals surface area contributed by atoms with E-state index in [0.717, 1.165) is 12.2 Å². The third-order valence-corrected chi connectivity index (χ3v) is 4.54. The molecule has 0 radical (unpaired) electrons. The largest absolute Gasteiger partial charge is 0.376 e. The topological polar surface area (TPSA) is 34.5 Å². The van der Waals surface area contributed by atoms with Crippen LogP contribution in [0.1, 0.15) is 57.6 Å². The fraction of sp³-hybridized carbons (Fsp3) is 0.706. The summed E-state index contributed by atoms with van der Waals surface area (Å²) < 4.78 is 7.60. The number of nitrogens with zero attached hydrogens (tertiary/aromatic N) is 2. The van der Waals surface area contributed by atoms with Gasteiger partial charge in [0.1, 0.15) is 11.2 Å². The van der Waals surface area contributed by atoms with Crippen LogP contribution in [0, 0.1) is 0 Å². The molecule has 1 amide bonds. The minimum atomic E-state index is -0.196. The highest BCUT2D eigenvalue weighted by molar-refractivity contribution is 5.95. The zero-order valence-electron chi connectivity index (χ0n) is 14.0. The van der Waals surface area contributed by atoms with Crippen molar-refractivity contribution in [1.29, 1.82) is 0 Å². The molecule has 0 saturated carbocycles. The highest BCUT2D eigenvalue weighted by Crippen LogP contribution is 2.39. The van der Waals surface area contributed by atoms with Gasteiger partial charge in [-0.2, -0.15) is 0 Å². The van der Waals surface area contributed by atoms with Crippen LogP contribution in [0.5, 0.6) is 0 Å². The van der Waals surface area contributed by atoms with Gasteiger partial charge in [0.05, 0.1) is 19.8 Å². The number of carbonyl (C=O) groups is 1. The summed E-state index contributed by atoms with van der Waals surface area (Å²) in [5, 5.41) is 0. The Morgan fingerprint density at radius 2 is 1.76 bits per heavy atom. The molecule has 4 nitrogen and oxygen atoms in total. The van der Waals surface area contributed by atoms with Crippen LogP contribution in [0.15, 0.2) is 12.3 Å². The van der Waals surface area contributed by atoms with Crippen molar-refractivity contribution < 1.29 is 9.53 Å². The van der Waals surface area contributed by atoms with Gasteiger partial charge in [0.25, 0.3) is 5.91 Å². The predicted octanol–water partition coefficient (Wildman–Crippen LogP) is 2.81. The summed E-state index contributed by atoms with van der Waals surface area (Å²) in [4.78, 5) is 15.1. The van der Waals surface area contributed by atoms with Crippen molar-refractivity contribution in [3.8, 4) is 0 Å². The van der Waals surface area contributed by atoms with Crippen LogP contribution in [-0.4, -0.2) is 39.7 Å². The molecule has 0 N–H and O–H groups in total. The maximum atomic E-state index is 13.1. The molecular weight excluding hydrogens is 264 g/mol. The number of fused-ring (bicyclic) bond motifs is 1. The summed E-state index contributed by atoms with van der Waals surface area (Å²) >= 11 is 0. The summed E-state index contributed by atoms with van der Waals surface area (Å²) in [6.07, 6.45) is 2.15. The molecule has 1 fully saturated rings. The Labute approximate surface area is 127 Å². The molecule has 1 aromatic rings. The summed E-state index contributed by atoms with van der Waals surface area (Å²) in [5.41, 5.74) is 1.72. The van der Waals surface area contributed by atoms with E-state index >= 15 is 0 Å². The standard InChI is InChI=1S/C17H26N2O2/c1-15(2,3)12-7-13-14(20)19(16(4,5)6)17(10-21-11-17)9-18(13)8-12/h7-8H,9-11H2,1-6H3. The summed E-state index contributed by atoms with van der Waals surface area (Å²) in [7, 11) is 0. The molecule has 0 atom stereocenters. The Hall–Kier alpha value is -1.29. The third-order valence-electron chi connectivity index (χ3n) is 4.54. The van der Waals surface area contributed by atoms with Gasteiger partial charge in [-0.1, -0.05) is 20.8 Å². The fourth-order valence-corrected chi connectivity index (χ4v) is 3.52. The van der Waals surface area contributed by atoms with E-state index in [0.29, 0.717) is 13.2 Å². The molecular formula is C17H26N2O2. The first kappa shape index (κ1) is 14.6. The second-order valence-electron chi connectivity index (χ2n) is 8.52. The summed E-state index contributed by atoms with van der Waals surface area (Å²) in [6.45, 7) is 15.0. The number of ether oxygens (including phenoxy) is 1.